The second-order valence-corrected chi connectivity index (χ2v) is 8.68. The number of likely N-dealkylation sites (N-methyl/N-ethyl adjacent to an activating group) is 1. The summed E-state index contributed by atoms with van der Waals surface area (Å²) >= 11 is 0. The van der Waals surface area contributed by atoms with Crippen LogP contribution in [0.25, 0.3) is 0 Å². The molecule has 0 aliphatic carbocycles. The monoisotopic (exact) mass is 472 g/mol. The molecule has 178 valence electrons. The lowest BCUT2D eigenvalue weighted by atomic mass is 10.0. The highest BCUT2D eigenvalue weighted by atomic mass is 16.5. The molecule has 4 rings (SSSR count). The van der Waals surface area contributed by atoms with Crippen LogP contribution in [-0.4, -0.2) is 40.5 Å². The van der Waals surface area contributed by atoms with Crippen LogP contribution in [0.15, 0.2) is 66.9 Å². The molecule has 1 aliphatic heterocycles. The molecule has 0 saturated heterocycles. The first-order valence-electron chi connectivity index (χ1n) is 12.6. The molecule has 7 heteroatoms. The maximum absolute atomic E-state index is 13.5. The number of aryl methyl sites for hydroxylation is 1. The van der Waals surface area contributed by atoms with Crippen LogP contribution in [0.3, 0.4) is 0 Å². The average Bonchev–Trinajstić information content (AvgIpc) is 2.99. The summed E-state index contributed by atoms with van der Waals surface area (Å²) in [5.41, 5.74) is 0.0775. The van der Waals surface area contributed by atoms with E-state index in [1.807, 2.05) is 18.2 Å². The number of carbonyl (C=O) groups is 2. The number of para-hydroxylation sites is 1. The first-order valence-corrected chi connectivity index (χ1v) is 11.1. The van der Waals surface area contributed by atoms with Gasteiger partial charge in [0.1, 0.15) is 28.8 Å². The summed E-state index contributed by atoms with van der Waals surface area (Å²) in [5, 5.41) is 12.6. The maximum Gasteiger partial charge on any atom is 0.270 e. The molecule has 1 aliphatic rings. The Labute approximate surface area is 209 Å². The van der Waals surface area contributed by atoms with Gasteiger partial charge in [-0.3, -0.25) is 14.6 Å². The largest absolute Gasteiger partial charge is 0.457 e. The second-order valence-electron chi connectivity index (χ2n) is 8.68. The molecule has 0 unspecified atom stereocenters. The van der Waals surface area contributed by atoms with E-state index in [0.717, 1.165) is 4.90 Å². The summed E-state index contributed by atoms with van der Waals surface area (Å²) in [6.07, 6.45) is 1.96. The van der Waals surface area contributed by atoms with Gasteiger partial charge in [-0.1, -0.05) is 36.1 Å². The number of fused-ring (bicyclic) bond motifs is 1. The SMILES string of the molecule is [2H]C([2H])([2H])N1C(=O)[C@@H](NC(=O)c2cc(Oc3ccccc3)ccn2)CCc2ccc(C#CC(C)(C)O)cc21. The fraction of sp³-hybridized carbons (Fsp3) is 0.250. The van der Waals surface area contributed by atoms with Crippen LogP contribution in [0.1, 0.15) is 46.0 Å². The molecule has 0 radical (unpaired) electrons. The van der Waals surface area contributed by atoms with Crippen LogP contribution in [0.5, 0.6) is 11.5 Å². The fourth-order valence-electron chi connectivity index (χ4n) is 3.57. The van der Waals surface area contributed by atoms with E-state index in [1.165, 1.54) is 32.2 Å². The third-order valence-corrected chi connectivity index (χ3v) is 5.31. The number of pyridine rings is 1. The summed E-state index contributed by atoms with van der Waals surface area (Å²) in [7, 11) is 0. The van der Waals surface area contributed by atoms with Crippen LogP contribution in [0, 0.1) is 11.8 Å². The zero-order valence-corrected chi connectivity index (χ0v) is 19.4. The van der Waals surface area contributed by atoms with E-state index in [4.69, 9.17) is 8.85 Å². The fourth-order valence-corrected chi connectivity index (χ4v) is 3.57. The van der Waals surface area contributed by atoms with Gasteiger partial charge in [-0.05, 0) is 62.6 Å². The van der Waals surface area contributed by atoms with Crippen LogP contribution in [0.2, 0.25) is 0 Å². The number of nitrogens with one attached hydrogen (secondary N) is 1. The number of amides is 2. The van der Waals surface area contributed by atoms with Gasteiger partial charge < -0.3 is 20.1 Å². The molecule has 7 nitrogen and oxygen atoms in total. The zero-order chi connectivity index (χ0) is 27.5. The number of ether oxygens (including phenoxy) is 1. The first-order chi connectivity index (χ1) is 17.9. The van der Waals surface area contributed by atoms with Crippen molar-refractivity contribution in [3.05, 3.63) is 83.7 Å². The predicted octanol–water partition coefficient (Wildman–Crippen LogP) is 3.70. The van der Waals surface area contributed by atoms with Gasteiger partial charge in [-0.2, -0.15) is 0 Å². The van der Waals surface area contributed by atoms with Crippen molar-refractivity contribution in [2.24, 2.45) is 0 Å². The smallest absolute Gasteiger partial charge is 0.270 e. The van der Waals surface area contributed by atoms with Crippen LogP contribution < -0.4 is 15.0 Å². The van der Waals surface area contributed by atoms with E-state index in [2.05, 4.69) is 22.1 Å². The van der Waals surface area contributed by atoms with Crippen molar-refractivity contribution in [2.45, 2.75) is 38.3 Å². The van der Waals surface area contributed by atoms with Gasteiger partial charge in [-0.15, -0.1) is 0 Å². The molecular weight excluding hydrogens is 442 g/mol. The summed E-state index contributed by atoms with van der Waals surface area (Å²) in [4.78, 5) is 31.4. The molecule has 2 N–H and O–H groups in total. The van der Waals surface area contributed by atoms with Crippen molar-refractivity contribution in [1.82, 2.24) is 10.3 Å². The van der Waals surface area contributed by atoms with Gasteiger partial charge in [0.15, 0.2) is 0 Å². The van der Waals surface area contributed by atoms with Crippen molar-refractivity contribution in [3.63, 3.8) is 0 Å². The van der Waals surface area contributed by atoms with Gasteiger partial charge in [0.25, 0.3) is 5.91 Å². The number of rotatable bonds is 4. The van der Waals surface area contributed by atoms with Gasteiger partial charge in [-0.25, -0.2) is 0 Å². The van der Waals surface area contributed by atoms with Crippen LogP contribution >= 0.6 is 0 Å². The lowest BCUT2D eigenvalue weighted by molar-refractivity contribution is -0.120. The lowest BCUT2D eigenvalue weighted by Gasteiger charge is -2.22. The lowest BCUT2D eigenvalue weighted by Crippen LogP contribution is -2.46. The van der Waals surface area contributed by atoms with Gasteiger partial charge in [0.2, 0.25) is 5.91 Å². The third kappa shape index (κ3) is 6.05. The van der Waals surface area contributed by atoms with Crippen molar-refractivity contribution in [2.75, 3.05) is 11.9 Å². The van der Waals surface area contributed by atoms with Gasteiger partial charge in [0.05, 0.1) is 0 Å². The summed E-state index contributed by atoms with van der Waals surface area (Å²) < 4.78 is 29.9. The molecule has 35 heavy (non-hydrogen) atoms. The van der Waals surface area contributed by atoms with Crippen molar-refractivity contribution in [3.8, 4) is 23.3 Å². The standard InChI is InChI=1S/C28H27N3O4/c1-28(2,34)15-13-19-9-10-20-11-12-23(27(33)31(3)25(20)17-19)30-26(32)24-18-22(14-16-29-24)35-21-7-5-4-6-8-21/h4-10,14,16-18,23,34H,11-12H2,1-3H3,(H,30,32)/t23-/m0/s1/i3D3. The quantitative estimate of drug-likeness (QED) is 0.565. The number of hydrogen-bond donors (Lipinski definition) is 2. The molecule has 1 aromatic heterocycles. The number of aromatic nitrogens is 1. The van der Waals surface area contributed by atoms with Crippen molar-refractivity contribution >= 4 is 17.5 Å². The Morgan fingerprint density at radius 1 is 1.20 bits per heavy atom. The summed E-state index contributed by atoms with van der Waals surface area (Å²) in [5.74, 6) is 5.08. The average molecular weight is 473 g/mol. The number of carbonyl (C=O) groups excluding carboxylic acids is 2. The Balaban J connectivity index is 1.58. The molecule has 0 fully saturated rings. The number of anilines is 1. The minimum atomic E-state index is -2.80. The molecule has 2 amide bonds. The van der Waals surface area contributed by atoms with E-state index in [9.17, 15) is 14.7 Å². The third-order valence-electron chi connectivity index (χ3n) is 5.31. The van der Waals surface area contributed by atoms with E-state index in [-0.39, 0.29) is 17.8 Å². The Kier molecular flexibility index (Phi) is 5.78. The van der Waals surface area contributed by atoms with Crippen LogP contribution in [0.4, 0.5) is 5.69 Å². The molecule has 2 aromatic carbocycles. The van der Waals surface area contributed by atoms with E-state index in [0.29, 0.717) is 29.0 Å². The first kappa shape index (κ1) is 20.2. The maximum atomic E-state index is 13.5. The topological polar surface area (TPSA) is 91.8 Å². The molecule has 2 heterocycles. The predicted molar refractivity (Wildman–Crippen MR) is 133 cm³/mol. The van der Waals surface area contributed by atoms with Crippen molar-refractivity contribution < 1.29 is 23.5 Å². The number of hydrogen-bond acceptors (Lipinski definition) is 5. The second kappa shape index (κ2) is 10.00. The summed E-state index contributed by atoms with van der Waals surface area (Å²) in [6.45, 7) is 0.268. The molecular formula is C28H27N3O4. The number of nitrogens with zero attached hydrogens (tertiary/aromatic N) is 2. The normalized spacial score (nSPS) is 17.0. The van der Waals surface area contributed by atoms with E-state index < -0.39 is 30.4 Å². The molecule has 0 bridgehead atoms. The van der Waals surface area contributed by atoms with Gasteiger partial charge in [0, 0.05) is 34.6 Å². The molecule has 0 spiro atoms. The highest BCUT2D eigenvalue weighted by Gasteiger charge is 2.30. The highest BCUT2D eigenvalue weighted by Crippen LogP contribution is 2.28. The van der Waals surface area contributed by atoms with Crippen LogP contribution in [-0.2, 0) is 11.2 Å². The van der Waals surface area contributed by atoms with E-state index in [1.54, 1.807) is 30.3 Å². The minimum absolute atomic E-state index is 0.0256. The summed E-state index contributed by atoms with van der Waals surface area (Å²) in [6, 6.07) is 15.9. The van der Waals surface area contributed by atoms with Gasteiger partial charge >= 0.3 is 0 Å². The Hall–Kier alpha value is -4.15. The Bertz CT molecular complexity index is 1410. The Morgan fingerprint density at radius 2 is 2.00 bits per heavy atom. The van der Waals surface area contributed by atoms with E-state index >= 15 is 0 Å². The zero-order valence-electron chi connectivity index (χ0n) is 22.4. The Morgan fingerprint density at radius 3 is 2.74 bits per heavy atom. The number of aliphatic hydroxyl groups is 1. The number of benzene rings is 2. The molecule has 3 aromatic rings. The highest BCUT2D eigenvalue weighted by molar-refractivity contribution is 6.02. The van der Waals surface area contributed by atoms with Crippen molar-refractivity contribution in [1.29, 1.82) is 0 Å². The molecule has 1 atom stereocenters. The minimum Gasteiger partial charge on any atom is -0.457 e. The molecule has 0 saturated carbocycles.